The van der Waals surface area contributed by atoms with Crippen molar-refractivity contribution < 1.29 is 19.0 Å². The Morgan fingerprint density at radius 2 is 1.94 bits per heavy atom. The topological polar surface area (TPSA) is 56.8 Å². The van der Waals surface area contributed by atoms with E-state index in [0.717, 1.165) is 57.4 Å². The Hall–Kier alpha value is -1.85. The van der Waals surface area contributed by atoms with E-state index in [9.17, 15) is 4.79 Å². The van der Waals surface area contributed by atoms with Crippen LogP contribution in [-0.2, 0) is 19.7 Å². The lowest BCUT2D eigenvalue weighted by Gasteiger charge is -2.50. The molecule has 5 nitrogen and oxygen atoms in total. The van der Waals surface area contributed by atoms with Gasteiger partial charge in [0.2, 0.25) is 0 Å². The molecule has 2 saturated carbocycles. The Morgan fingerprint density at radius 1 is 1.17 bits per heavy atom. The molecule has 2 aliphatic heterocycles. The molecular weight excluding hydrogens is 450 g/mol. The molecule has 1 aromatic carbocycles. The van der Waals surface area contributed by atoms with Gasteiger partial charge in [-0.05, 0) is 101 Å². The largest absolute Gasteiger partial charge is 0.497 e. The second kappa shape index (κ2) is 9.79. The van der Waals surface area contributed by atoms with Gasteiger partial charge in [0.05, 0.1) is 18.6 Å². The van der Waals surface area contributed by atoms with Crippen LogP contribution in [0.2, 0.25) is 0 Å². The second-order valence-electron chi connectivity index (χ2n) is 12.9. The van der Waals surface area contributed by atoms with Crippen LogP contribution in [0.15, 0.2) is 36.4 Å². The van der Waals surface area contributed by atoms with Crippen LogP contribution in [0.3, 0.4) is 0 Å². The first-order valence-corrected chi connectivity index (χ1v) is 14.0. The van der Waals surface area contributed by atoms with Gasteiger partial charge in [-0.1, -0.05) is 31.2 Å². The number of fused-ring (bicyclic) bond motifs is 2. The highest BCUT2D eigenvalue weighted by Crippen LogP contribution is 2.56. The highest BCUT2D eigenvalue weighted by Gasteiger charge is 2.55. The van der Waals surface area contributed by atoms with E-state index < -0.39 is 0 Å². The van der Waals surface area contributed by atoms with E-state index in [-0.39, 0.29) is 34.4 Å². The first kappa shape index (κ1) is 25.8. The zero-order valence-electron chi connectivity index (χ0n) is 22.7. The standard InChI is InChI=1S/C31H45NO4/c1-21-7-6-12-30(4)18-27-24(17-26(21)30)25(28(33)36-27)19-32-15-13-31(14-16-35-29(2,3)20-31)22-8-10-23(34-5)11-9-22/h8-11,24-27,32H,1,6-7,12-20H2,2-5H3/t24-,25+,26-,27-,30-,31+/m1/s1. The summed E-state index contributed by atoms with van der Waals surface area (Å²) in [6.07, 6.45) is 8.73. The van der Waals surface area contributed by atoms with Crippen LogP contribution >= 0.6 is 0 Å². The number of nitrogens with one attached hydrogen (secondary N) is 1. The molecule has 0 amide bonds. The Labute approximate surface area is 217 Å². The van der Waals surface area contributed by atoms with Crippen LogP contribution in [0.4, 0.5) is 0 Å². The van der Waals surface area contributed by atoms with Crippen LogP contribution in [0.1, 0.15) is 77.7 Å². The van der Waals surface area contributed by atoms with E-state index in [1.165, 1.54) is 24.0 Å². The molecule has 0 unspecified atom stereocenters. The molecule has 0 spiro atoms. The number of esters is 1. The van der Waals surface area contributed by atoms with Crippen molar-refractivity contribution >= 4 is 5.97 Å². The lowest BCUT2D eigenvalue weighted by atomic mass is 9.55. The number of benzene rings is 1. The van der Waals surface area contributed by atoms with Gasteiger partial charge in [-0.2, -0.15) is 0 Å². The molecule has 4 fully saturated rings. The van der Waals surface area contributed by atoms with Crippen molar-refractivity contribution in [3.05, 3.63) is 42.0 Å². The Bertz CT molecular complexity index is 971. The molecule has 5 heteroatoms. The summed E-state index contributed by atoms with van der Waals surface area (Å²) < 4.78 is 17.5. The number of hydrogen-bond acceptors (Lipinski definition) is 5. The van der Waals surface area contributed by atoms with Crippen molar-refractivity contribution in [1.29, 1.82) is 0 Å². The number of methoxy groups -OCH3 is 1. The van der Waals surface area contributed by atoms with Gasteiger partial charge in [-0.15, -0.1) is 0 Å². The molecule has 5 rings (SSSR count). The van der Waals surface area contributed by atoms with Crippen molar-refractivity contribution in [2.45, 2.75) is 89.3 Å². The minimum atomic E-state index is -0.155. The minimum Gasteiger partial charge on any atom is -0.497 e. The summed E-state index contributed by atoms with van der Waals surface area (Å²) in [6, 6.07) is 8.57. The SMILES string of the molecule is C=C1CCC[C@]2(C)C[C@H]3OC(=O)[C@@H](CNCC[C@]4(c5ccc(OC)cc5)CCOC(C)(C)C4)[C@H]3C[C@H]12. The van der Waals surface area contributed by atoms with Gasteiger partial charge in [0.25, 0.3) is 0 Å². The first-order valence-electron chi connectivity index (χ1n) is 14.0. The Morgan fingerprint density at radius 3 is 2.67 bits per heavy atom. The number of carbonyl (C=O) groups excluding carboxylic acids is 1. The highest BCUT2D eigenvalue weighted by atomic mass is 16.6. The van der Waals surface area contributed by atoms with Gasteiger partial charge in [0.15, 0.2) is 0 Å². The predicted octanol–water partition coefficient (Wildman–Crippen LogP) is 5.82. The molecule has 0 radical (unpaired) electrons. The van der Waals surface area contributed by atoms with Gasteiger partial charge < -0.3 is 19.5 Å². The maximum Gasteiger partial charge on any atom is 0.310 e. The number of ether oxygens (including phenoxy) is 3. The molecule has 2 aliphatic carbocycles. The van der Waals surface area contributed by atoms with Crippen LogP contribution in [0.5, 0.6) is 5.75 Å². The maximum atomic E-state index is 12.9. The molecule has 1 N–H and O–H groups in total. The molecule has 198 valence electrons. The summed E-state index contributed by atoms with van der Waals surface area (Å²) in [5.74, 6) is 1.69. The fraction of sp³-hybridized carbons (Fsp3) is 0.710. The zero-order chi connectivity index (χ0) is 25.6. The summed E-state index contributed by atoms with van der Waals surface area (Å²) >= 11 is 0. The van der Waals surface area contributed by atoms with Gasteiger partial charge >= 0.3 is 5.97 Å². The van der Waals surface area contributed by atoms with Crippen LogP contribution in [0, 0.1) is 23.2 Å². The normalized spacial score (nSPS) is 37.7. The predicted molar refractivity (Wildman–Crippen MR) is 142 cm³/mol. The van der Waals surface area contributed by atoms with E-state index in [2.05, 4.69) is 56.9 Å². The molecule has 36 heavy (non-hydrogen) atoms. The summed E-state index contributed by atoms with van der Waals surface area (Å²) in [6.45, 7) is 13.6. The Kier molecular flexibility index (Phi) is 7.01. The number of rotatable bonds is 7. The maximum absolute atomic E-state index is 12.9. The number of carbonyl (C=O) groups is 1. The Balaban J connectivity index is 1.24. The third-order valence-corrected chi connectivity index (χ3v) is 10.0. The third-order valence-electron chi connectivity index (χ3n) is 10.0. The average molecular weight is 496 g/mol. The van der Waals surface area contributed by atoms with Crippen molar-refractivity contribution in [3.63, 3.8) is 0 Å². The molecule has 0 bridgehead atoms. The van der Waals surface area contributed by atoms with E-state index in [4.69, 9.17) is 14.2 Å². The van der Waals surface area contributed by atoms with Crippen LogP contribution < -0.4 is 10.1 Å². The van der Waals surface area contributed by atoms with Crippen LogP contribution in [0.25, 0.3) is 0 Å². The van der Waals surface area contributed by atoms with Gasteiger partial charge in [-0.25, -0.2) is 0 Å². The fourth-order valence-electron chi connectivity index (χ4n) is 8.10. The smallest absolute Gasteiger partial charge is 0.310 e. The highest BCUT2D eigenvalue weighted by molar-refractivity contribution is 5.75. The quantitative estimate of drug-likeness (QED) is 0.294. The summed E-state index contributed by atoms with van der Waals surface area (Å²) in [4.78, 5) is 12.9. The van der Waals surface area contributed by atoms with E-state index >= 15 is 0 Å². The van der Waals surface area contributed by atoms with Crippen molar-refractivity contribution in [1.82, 2.24) is 5.32 Å². The minimum absolute atomic E-state index is 0.00225. The molecule has 0 aromatic heterocycles. The molecule has 2 heterocycles. The van der Waals surface area contributed by atoms with Gasteiger partial charge in [0.1, 0.15) is 11.9 Å². The van der Waals surface area contributed by atoms with Crippen molar-refractivity contribution in [2.24, 2.45) is 23.2 Å². The molecule has 4 aliphatic rings. The fourth-order valence-corrected chi connectivity index (χ4v) is 8.10. The van der Waals surface area contributed by atoms with Gasteiger partial charge in [0, 0.05) is 24.5 Å². The number of hydrogen-bond donors (Lipinski definition) is 1. The zero-order valence-corrected chi connectivity index (χ0v) is 22.7. The molecule has 6 atom stereocenters. The molecule has 2 saturated heterocycles. The number of allylic oxidation sites excluding steroid dienone is 1. The summed E-state index contributed by atoms with van der Waals surface area (Å²) in [7, 11) is 1.71. The summed E-state index contributed by atoms with van der Waals surface area (Å²) in [5, 5.41) is 3.69. The lowest BCUT2D eigenvalue weighted by Crippen LogP contribution is -2.46. The molecule has 1 aromatic rings. The lowest BCUT2D eigenvalue weighted by molar-refractivity contribution is -0.146. The molecular formula is C31H45NO4. The third kappa shape index (κ3) is 4.86. The monoisotopic (exact) mass is 495 g/mol. The average Bonchev–Trinajstić information content (AvgIpc) is 3.13. The van der Waals surface area contributed by atoms with Crippen LogP contribution in [-0.4, -0.2) is 44.5 Å². The van der Waals surface area contributed by atoms with Gasteiger partial charge in [-0.3, -0.25) is 4.79 Å². The van der Waals surface area contributed by atoms with Crippen molar-refractivity contribution in [3.8, 4) is 5.75 Å². The van der Waals surface area contributed by atoms with E-state index in [1.807, 2.05) is 0 Å². The van der Waals surface area contributed by atoms with E-state index in [1.54, 1.807) is 7.11 Å². The van der Waals surface area contributed by atoms with E-state index in [0.29, 0.717) is 18.4 Å². The van der Waals surface area contributed by atoms with Crippen molar-refractivity contribution in [2.75, 3.05) is 26.8 Å². The summed E-state index contributed by atoms with van der Waals surface area (Å²) in [5.41, 5.74) is 2.89. The first-order chi connectivity index (χ1) is 17.1. The second-order valence-corrected chi connectivity index (χ2v) is 12.9.